The molecular weight excluding hydrogens is 296 g/mol. The molecule has 1 aliphatic rings. The van der Waals surface area contributed by atoms with Crippen molar-refractivity contribution in [1.82, 2.24) is 15.0 Å². The molecule has 2 aromatic rings. The Morgan fingerprint density at radius 1 is 1.48 bits per heavy atom. The summed E-state index contributed by atoms with van der Waals surface area (Å²) < 4.78 is 12.2. The lowest BCUT2D eigenvalue weighted by molar-refractivity contribution is 0.0526. The predicted molar refractivity (Wildman–Crippen MR) is 80.0 cm³/mol. The summed E-state index contributed by atoms with van der Waals surface area (Å²) in [6.45, 7) is 2.76. The molecule has 118 valence electrons. The number of esters is 1. The number of benzene rings is 1. The van der Waals surface area contributed by atoms with Gasteiger partial charge in [0.15, 0.2) is 5.69 Å². The highest BCUT2D eigenvalue weighted by Crippen LogP contribution is 2.31. The summed E-state index contributed by atoms with van der Waals surface area (Å²) in [5.74, 6) is -0.366. The minimum atomic E-state index is -0.366. The molecular formula is C16H16N4O3. The van der Waals surface area contributed by atoms with Crippen LogP contribution < -0.4 is 0 Å². The molecule has 1 fully saturated rings. The smallest absolute Gasteiger partial charge is 0.338 e. The molecule has 7 heteroatoms. The summed E-state index contributed by atoms with van der Waals surface area (Å²) in [6, 6.07) is 8.90. The monoisotopic (exact) mass is 312 g/mol. The van der Waals surface area contributed by atoms with E-state index in [4.69, 9.17) is 9.47 Å². The first kappa shape index (κ1) is 15.2. The molecule has 0 aliphatic carbocycles. The standard InChI is InChI=1S/C16H16N4O3/c1-2-22-16(21)11-5-7-12(8-6-11)20-15(13(10-17)18-19-20)14-4-3-9-23-14/h5-8,14H,2-4,9H2,1H3. The topological polar surface area (TPSA) is 90.0 Å². The van der Waals surface area contributed by atoms with E-state index in [1.807, 2.05) is 0 Å². The third-order valence-corrected chi connectivity index (χ3v) is 3.67. The third-order valence-electron chi connectivity index (χ3n) is 3.67. The molecule has 1 aromatic heterocycles. The van der Waals surface area contributed by atoms with Gasteiger partial charge in [-0.25, -0.2) is 9.48 Å². The van der Waals surface area contributed by atoms with Gasteiger partial charge in [-0.15, -0.1) is 5.10 Å². The maximum Gasteiger partial charge on any atom is 0.338 e. The molecule has 23 heavy (non-hydrogen) atoms. The van der Waals surface area contributed by atoms with Gasteiger partial charge in [0.1, 0.15) is 17.9 Å². The molecule has 1 aromatic carbocycles. The van der Waals surface area contributed by atoms with Crippen molar-refractivity contribution in [2.45, 2.75) is 25.9 Å². The number of nitriles is 1. The fourth-order valence-electron chi connectivity index (χ4n) is 2.59. The number of aromatic nitrogens is 3. The summed E-state index contributed by atoms with van der Waals surface area (Å²) >= 11 is 0. The highest BCUT2D eigenvalue weighted by atomic mass is 16.5. The Balaban J connectivity index is 1.94. The molecule has 0 spiro atoms. The lowest BCUT2D eigenvalue weighted by atomic mass is 10.1. The molecule has 0 radical (unpaired) electrons. The summed E-state index contributed by atoms with van der Waals surface area (Å²) in [5, 5.41) is 17.2. The van der Waals surface area contributed by atoms with E-state index in [2.05, 4.69) is 16.4 Å². The van der Waals surface area contributed by atoms with Crippen LogP contribution in [-0.2, 0) is 9.47 Å². The molecule has 1 aliphatic heterocycles. The summed E-state index contributed by atoms with van der Waals surface area (Å²) in [4.78, 5) is 11.7. The van der Waals surface area contributed by atoms with Gasteiger partial charge in [-0.05, 0) is 44.0 Å². The number of carbonyl (C=O) groups excluding carboxylic acids is 1. The van der Waals surface area contributed by atoms with Crippen LogP contribution in [0.25, 0.3) is 5.69 Å². The number of ether oxygens (including phenoxy) is 2. The average molecular weight is 312 g/mol. The van der Waals surface area contributed by atoms with Crippen LogP contribution in [0.1, 0.15) is 47.6 Å². The fourth-order valence-corrected chi connectivity index (χ4v) is 2.59. The third kappa shape index (κ3) is 2.94. The lowest BCUT2D eigenvalue weighted by Gasteiger charge is -2.12. The van der Waals surface area contributed by atoms with Gasteiger partial charge >= 0.3 is 5.97 Å². The molecule has 2 heterocycles. The van der Waals surface area contributed by atoms with E-state index >= 15 is 0 Å². The number of hydrogen-bond acceptors (Lipinski definition) is 6. The van der Waals surface area contributed by atoms with Crippen LogP contribution in [0.5, 0.6) is 0 Å². The highest BCUT2D eigenvalue weighted by Gasteiger charge is 2.27. The quantitative estimate of drug-likeness (QED) is 0.804. The van der Waals surface area contributed by atoms with Crippen molar-refractivity contribution in [2.75, 3.05) is 13.2 Å². The molecule has 1 atom stereocenters. The Morgan fingerprint density at radius 3 is 2.87 bits per heavy atom. The molecule has 1 unspecified atom stereocenters. The van der Waals surface area contributed by atoms with Crippen molar-refractivity contribution in [3.63, 3.8) is 0 Å². The van der Waals surface area contributed by atoms with Gasteiger partial charge in [-0.1, -0.05) is 5.21 Å². The second-order valence-corrected chi connectivity index (χ2v) is 5.12. The van der Waals surface area contributed by atoms with Gasteiger partial charge in [0.05, 0.1) is 17.9 Å². The van der Waals surface area contributed by atoms with Crippen LogP contribution >= 0.6 is 0 Å². The van der Waals surface area contributed by atoms with Crippen molar-refractivity contribution in [1.29, 1.82) is 5.26 Å². The predicted octanol–water partition coefficient (Wildman–Crippen LogP) is 2.17. The first-order chi connectivity index (χ1) is 11.2. The zero-order chi connectivity index (χ0) is 16.2. The molecule has 3 rings (SSSR count). The Bertz CT molecular complexity index is 740. The molecule has 7 nitrogen and oxygen atoms in total. The van der Waals surface area contributed by atoms with Crippen LogP contribution in [0, 0.1) is 11.3 Å². The number of hydrogen-bond donors (Lipinski definition) is 0. The van der Waals surface area contributed by atoms with Gasteiger partial charge in [0.2, 0.25) is 0 Å². The van der Waals surface area contributed by atoms with E-state index in [1.165, 1.54) is 0 Å². The van der Waals surface area contributed by atoms with Gasteiger partial charge < -0.3 is 9.47 Å². The second kappa shape index (κ2) is 6.58. The molecule has 0 bridgehead atoms. The van der Waals surface area contributed by atoms with Crippen LogP contribution in [0.3, 0.4) is 0 Å². The van der Waals surface area contributed by atoms with E-state index in [0.29, 0.717) is 24.5 Å². The summed E-state index contributed by atoms with van der Waals surface area (Å²) in [6.07, 6.45) is 1.61. The van der Waals surface area contributed by atoms with E-state index in [9.17, 15) is 10.1 Å². The van der Waals surface area contributed by atoms with Gasteiger partial charge in [-0.3, -0.25) is 0 Å². The minimum Gasteiger partial charge on any atom is -0.462 e. The largest absolute Gasteiger partial charge is 0.462 e. The maximum absolute atomic E-state index is 11.7. The fraction of sp³-hybridized carbons (Fsp3) is 0.375. The van der Waals surface area contributed by atoms with Crippen molar-refractivity contribution in [3.05, 3.63) is 41.2 Å². The first-order valence-corrected chi connectivity index (χ1v) is 7.49. The Hall–Kier alpha value is -2.72. The SMILES string of the molecule is CCOC(=O)c1ccc(-n2nnc(C#N)c2C2CCCO2)cc1. The molecule has 0 N–H and O–H groups in total. The second-order valence-electron chi connectivity index (χ2n) is 5.12. The Labute approximate surface area is 133 Å². The molecule has 0 saturated carbocycles. The normalized spacial score (nSPS) is 17.0. The average Bonchev–Trinajstić information content (AvgIpc) is 3.24. The maximum atomic E-state index is 11.7. The Morgan fingerprint density at radius 2 is 2.26 bits per heavy atom. The van der Waals surface area contributed by atoms with Crippen molar-refractivity contribution >= 4 is 5.97 Å². The van der Waals surface area contributed by atoms with E-state index in [-0.39, 0.29) is 17.8 Å². The first-order valence-electron chi connectivity index (χ1n) is 7.49. The Kier molecular flexibility index (Phi) is 4.35. The van der Waals surface area contributed by atoms with Gasteiger partial charge in [0, 0.05) is 6.61 Å². The summed E-state index contributed by atoms with van der Waals surface area (Å²) in [7, 11) is 0. The summed E-state index contributed by atoms with van der Waals surface area (Å²) in [5.41, 5.74) is 2.12. The molecule has 1 saturated heterocycles. The van der Waals surface area contributed by atoms with E-state index in [0.717, 1.165) is 18.5 Å². The zero-order valence-electron chi connectivity index (χ0n) is 12.7. The number of carbonyl (C=O) groups is 1. The zero-order valence-corrected chi connectivity index (χ0v) is 12.7. The van der Waals surface area contributed by atoms with Crippen molar-refractivity contribution < 1.29 is 14.3 Å². The van der Waals surface area contributed by atoms with Gasteiger partial charge in [0.25, 0.3) is 0 Å². The highest BCUT2D eigenvalue weighted by molar-refractivity contribution is 5.89. The minimum absolute atomic E-state index is 0.176. The van der Waals surface area contributed by atoms with Crippen molar-refractivity contribution in [2.24, 2.45) is 0 Å². The van der Waals surface area contributed by atoms with E-state index < -0.39 is 0 Å². The van der Waals surface area contributed by atoms with Gasteiger partial charge in [-0.2, -0.15) is 5.26 Å². The van der Waals surface area contributed by atoms with Crippen LogP contribution in [0.2, 0.25) is 0 Å². The molecule has 0 amide bonds. The lowest BCUT2D eigenvalue weighted by Crippen LogP contribution is -2.09. The van der Waals surface area contributed by atoms with Crippen molar-refractivity contribution in [3.8, 4) is 11.8 Å². The van der Waals surface area contributed by atoms with Crippen LogP contribution in [0.15, 0.2) is 24.3 Å². The number of nitrogens with zero attached hydrogens (tertiary/aromatic N) is 4. The van der Waals surface area contributed by atoms with Crippen LogP contribution in [-0.4, -0.2) is 34.2 Å². The van der Waals surface area contributed by atoms with Crippen LogP contribution in [0.4, 0.5) is 0 Å². The number of rotatable bonds is 4. The van der Waals surface area contributed by atoms with E-state index in [1.54, 1.807) is 35.9 Å².